The number of carboxylic acid groups (broad SMARTS) is 1. The van der Waals surface area contributed by atoms with Crippen molar-refractivity contribution in [2.75, 3.05) is 0 Å². The first-order valence-electron chi connectivity index (χ1n) is 10.9. The minimum Gasteiger partial charge on any atom is -0.478 e. The second kappa shape index (κ2) is 9.21. The average molecular weight is 435 g/mol. The van der Waals surface area contributed by atoms with Gasteiger partial charge in [-0.3, -0.25) is 0 Å². The van der Waals surface area contributed by atoms with Crippen LogP contribution in [0, 0.1) is 0 Å². The van der Waals surface area contributed by atoms with Gasteiger partial charge in [0, 0.05) is 0 Å². The standard InChI is InChI=1S/C29H26N2O2/c1-28(2,23-20-18-22(19-21-23)27(32)33)30-31-29(24-12-6-3-7-13-24,25-14-8-4-9-15-25)26-16-10-5-11-17-26/h3-21H,1-2H3,(H,32,33). The Morgan fingerprint density at radius 2 is 0.970 bits per heavy atom. The lowest BCUT2D eigenvalue weighted by Crippen LogP contribution is -2.28. The molecule has 0 heterocycles. The SMILES string of the molecule is CC(C)(N=NC(c1ccccc1)(c1ccccc1)c1ccccc1)c1ccc(C(=O)O)cc1. The van der Waals surface area contributed by atoms with E-state index in [9.17, 15) is 9.90 Å². The molecule has 0 radical (unpaired) electrons. The molecular formula is C29H26N2O2. The highest BCUT2D eigenvalue weighted by Crippen LogP contribution is 2.42. The van der Waals surface area contributed by atoms with E-state index in [1.807, 2.05) is 68.4 Å². The maximum absolute atomic E-state index is 11.2. The highest BCUT2D eigenvalue weighted by molar-refractivity contribution is 5.87. The van der Waals surface area contributed by atoms with Crippen molar-refractivity contribution < 1.29 is 9.90 Å². The van der Waals surface area contributed by atoms with E-state index in [-0.39, 0.29) is 5.56 Å². The molecule has 0 spiro atoms. The fraction of sp³-hybridized carbons (Fsp3) is 0.138. The van der Waals surface area contributed by atoms with Crippen LogP contribution < -0.4 is 0 Å². The van der Waals surface area contributed by atoms with Crippen LogP contribution in [0.5, 0.6) is 0 Å². The summed E-state index contributed by atoms with van der Waals surface area (Å²) < 4.78 is 0. The molecule has 0 aliphatic rings. The summed E-state index contributed by atoms with van der Waals surface area (Å²) in [4.78, 5) is 11.2. The maximum atomic E-state index is 11.2. The van der Waals surface area contributed by atoms with E-state index in [1.54, 1.807) is 24.3 Å². The number of carbonyl (C=O) groups is 1. The first-order chi connectivity index (χ1) is 15.9. The quantitative estimate of drug-likeness (QED) is 0.250. The summed E-state index contributed by atoms with van der Waals surface area (Å²) in [6, 6.07) is 37.4. The molecule has 4 rings (SSSR count). The van der Waals surface area contributed by atoms with Crippen LogP contribution in [0.4, 0.5) is 0 Å². The number of hydrogen-bond donors (Lipinski definition) is 1. The molecule has 0 atom stereocenters. The molecule has 0 amide bonds. The van der Waals surface area contributed by atoms with Gasteiger partial charge >= 0.3 is 5.97 Å². The van der Waals surface area contributed by atoms with E-state index in [2.05, 4.69) is 36.4 Å². The van der Waals surface area contributed by atoms with Crippen molar-refractivity contribution in [2.45, 2.75) is 24.9 Å². The molecule has 4 heteroatoms. The van der Waals surface area contributed by atoms with Crippen LogP contribution in [0.3, 0.4) is 0 Å². The van der Waals surface area contributed by atoms with Crippen molar-refractivity contribution in [3.63, 3.8) is 0 Å². The first kappa shape index (κ1) is 22.2. The van der Waals surface area contributed by atoms with Crippen LogP contribution in [0.2, 0.25) is 0 Å². The Hall–Kier alpha value is -4.05. The van der Waals surface area contributed by atoms with Crippen LogP contribution in [0.15, 0.2) is 125 Å². The summed E-state index contributed by atoms with van der Waals surface area (Å²) in [5.41, 5.74) is 2.69. The highest BCUT2D eigenvalue weighted by atomic mass is 16.4. The van der Waals surface area contributed by atoms with E-state index in [4.69, 9.17) is 10.2 Å². The molecule has 0 saturated carbocycles. The minimum atomic E-state index is -0.947. The van der Waals surface area contributed by atoms with Crippen molar-refractivity contribution in [3.05, 3.63) is 143 Å². The highest BCUT2D eigenvalue weighted by Gasteiger charge is 2.37. The molecule has 0 fully saturated rings. The first-order valence-corrected chi connectivity index (χ1v) is 10.9. The second-order valence-corrected chi connectivity index (χ2v) is 8.45. The van der Waals surface area contributed by atoms with Gasteiger partial charge in [-0.25, -0.2) is 4.79 Å². The molecule has 0 saturated heterocycles. The van der Waals surface area contributed by atoms with Crippen LogP contribution in [-0.2, 0) is 11.1 Å². The van der Waals surface area contributed by atoms with Crippen molar-refractivity contribution in [1.82, 2.24) is 0 Å². The number of rotatable bonds is 7. The van der Waals surface area contributed by atoms with Crippen molar-refractivity contribution in [3.8, 4) is 0 Å². The maximum Gasteiger partial charge on any atom is 0.335 e. The number of carboxylic acids is 1. The zero-order valence-electron chi connectivity index (χ0n) is 18.7. The van der Waals surface area contributed by atoms with Gasteiger partial charge in [-0.05, 0) is 48.2 Å². The number of azo groups is 1. The lowest BCUT2D eigenvalue weighted by atomic mass is 9.78. The number of benzene rings is 4. The van der Waals surface area contributed by atoms with Gasteiger partial charge in [-0.15, -0.1) is 0 Å². The summed E-state index contributed by atoms with van der Waals surface area (Å²) in [5.74, 6) is -0.947. The lowest BCUT2D eigenvalue weighted by molar-refractivity contribution is 0.0697. The Kier molecular flexibility index (Phi) is 6.18. The molecule has 4 aromatic carbocycles. The van der Waals surface area contributed by atoms with E-state index in [0.717, 1.165) is 22.3 Å². The third-order valence-electron chi connectivity index (χ3n) is 5.86. The fourth-order valence-corrected chi connectivity index (χ4v) is 3.99. The third kappa shape index (κ3) is 4.46. The average Bonchev–Trinajstić information content (AvgIpc) is 2.86. The van der Waals surface area contributed by atoms with E-state index < -0.39 is 17.0 Å². The minimum absolute atomic E-state index is 0.249. The van der Waals surface area contributed by atoms with Crippen molar-refractivity contribution in [2.24, 2.45) is 10.2 Å². The zero-order chi connectivity index (χ0) is 23.3. The van der Waals surface area contributed by atoms with Crippen LogP contribution in [0.25, 0.3) is 0 Å². The van der Waals surface area contributed by atoms with E-state index >= 15 is 0 Å². The van der Waals surface area contributed by atoms with Crippen molar-refractivity contribution in [1.29, 1.82) is 0 Å². The summed E-state index contributed by atoms with van der Waals surface area (Å²) in [7, 11) is 0. The van der Waals surface area contributed by atoms with E-state index in [1.165, 1.54) is 0 Å². The number of aromatic carboxylic acids is 1. The Morgan fingerprint density at radius 1 is 0.576 bits per heavy atom. The monoisotopic (exact) mass is 434 g/mol. The van der Waals surface area contributed by atoms with Crippen molar-refractivity contribution >= 4 is 5.97 Å². The molecule has 0 aliphatic carbocycles. The Balaban J connectivity index is 1.90. The number of hydrogen-bond acceptors (Lipinski definition) is 3. The van der Waals surface area contributed by atoms with E-state index in [0.29, 0.717) is 0 Å². The molecular weight excluding hydrogens is 408 g/mol. The van der Waals surface area contributed by atoms with Gasteiger partial charge in [0.1, 0.15) is 5.54 Å². The molecule has 0 aromatic heterocycles. The predicted octanol–water partition coefficient (Wildman–Crippen LogP) is 7.06. The lowest BCUT2D eigenvalue weighted by Gasteiger charge is -2.32. The topological polar surface area (TPSA) is 62.0 Å². The van der Waals surface area contributed by atoms with Gasteiger partial charge in [0.05, 0.1) is 5.56 Å². The van der Waals surface area contributed by atoms with Gasteiger partial charge in [0.25, 0.3) is 0 Å². The molecule has 0 aliphatic heterocycles. The van der Waals surface area contributed by atoms with Gasteiger partial charge in [-0.2, -0.15) is 10.2 Å². The fourth-order valence-electron chi connectivity index (χ4n) is 3.99. The second-order valence-electron chi connectivity index (χ2n) is 8.45. The van der Waals surface area contributed by atoms with Gasteiger partial charge < -0.3 is 5.11 Å². The third-order valence-corrected chi connectivity index (χ3v) is 5.86. The summed E-state index contributed by atoms with van der Waals surface area (Å²) in [5, 5.41) is 19.2. The molecule has 4 aromatic rings. The smallest absolute Gasteiger partial charge is 0.335 e. The Labute approximate surface area is 194 Å². The summed E-state index contributed by atoms with van der Waals surface area (Å²) in [6.07, 6.45) is 0. The summed E-state index contributed by atoms with van der Waals surface area (Å²) >= 11 is 0. The van der Waals surface area contributed by atoms with Crippen LogP contribution >= 0.6 is 0 Å². The normalized spacial score (nSPS) is 12.1. The molecule has 33 heavy (non-hydrogen) atoms. The molecule has 164 valence electrons. The summed E-state index contributed by atoms with van der Waals surface area (Å²) in [6.45, 7) is 3.97. The van der Waals surface area contributed by atoms with Gasteiger partial charge in [0.15, 0.2) is 5.54 Å². The van der Waals surface area contributed by atoms with Crippen LogP contribution in [0.1, 0.15) is 46.5 Å². The van der Waals surface area contributed by atoms with Gasteiger partial charge in [0.2, 0.25) is 0 Å². The zero-order valence-corrected chi connectivity index (χ0v) is 18.7. The molecule has 4 nitrogen and oxygen atoms in total. The molecule has 0 unspecified atom stereocenters. The van der Waals surface area contributed by atoms with Gasteiger partial charge in [-0.1, -0.05) is 103 Å². The molecule has 0 bridgehead atoms. The number of nitrogens with zero attached hydrogens (tertiary/aromatic N) is 2. The predicted molar refractivity (Wildman–Crippen MR) is 130 cm³/mol. The molecule has 1 N–H and O–H groups in total. The Bertz CT molecular complexity index is 1140. The Morgan fingerprint density at radius 3 is 1.33 bits per heavy atom. The van der Waals surface area contributed by atoms with Crippen LogP contribution in [-0.4, -0.2) is 11.1 Å². The largest absolute Gasteiger partial charge is 0.478 e.